The van der Waals surface area contributed by atoms with Gasteiger partial charge in [0.25, 0.3) is 0 Å². The fourth-order valence-electron chi connectivity index (χ4n) is 9.01. The van der Waals surface area contributed by atoms with E-state index in [1.54, 1.807) is 10.6 Å². The summed E-state index contributed by atoms with van der Waals surface area (Å²) in [6.45, 7) is 2.03. The van der Waals surface area contributed by atoms with Crippen LogP contribution in [0.3, 0.4) is 0 Å². The smallest absolute Gasteiger partial charge is 0.0620 e. The average Bonchev–Trinajstić information content (AvgIpc) is 3.16. The maximum atomic E-state index is 4.26. The molecule has 3 aromatic carbocycles. The van der Waals surface area contributed by atoms with Gasteiger partial charge < -0.3 is 0 Å². The summed E-state index contributed by atoms with van der Waals surface area (Å²) in [4.78, 5) is 0. The minimum Gasteiger partial charge on any atom is -0.0620 e. The van der Waals surface area contributed by atoms with Gasteiger partial charge in [0, 0.05) is 15.8 Å². The fraction of sp³-hybridized carbons (Fsp3) is 0.581. The number of hydrogen-bond acceptors (Lipinski definition) is 0. The minimum atomic E-state index is -0.323. The van der Waals surface area contributed by atoms with Gasteiger partial charge in [-0.3, -0.25) is 0 Å². The first kappa shape index (κ1) is 39.1. The summed E-state index contributed by atoms with van der Waals surface area (Å²) in [5.41, 5.74) is 5.49. The van der Waals surface area contributed by atoms with Crippen LogP contribution in [0.5, 0.6) is 0 Å². The van der Waals surface area contributed by atoms with Crippen molar-refractivity contribution in [3.05, 3.63) is 96.6 Å². The quantitative estimate of drug-likeness (QED) is 0.134. The molecule has 4 aliphatic rings. The molecule has 0 N–H and O–H groups in total. The first-order valence-electron chi connectivity index (χ1n) is 19.2. The van der Waals surface area contributed by atoms with Gasteiger partial charge >= 0.3 is 24.8 Å². The Labute approximate surface area is 304 Å². The summed E-state index contributed by atoms with van der Waals surface area (Å²) < 4.78 is 0. The average molecular weight is 736 g/mol. The molecule has 7 rings (SSSR count). The first-order chi connectivity index (χ1) is 23.3. The molecule has 0 spiro atoms. The molecular formula is C43H63ClNiP2+. The maximum absolute atomic E-state index is 4.26. The summed E-state index contributed by atoms with van der Waals surface area (Å²) in [5.74, 6) is 0. The molecule has 0 aromatic heterocycles. The molecule has 4 aliphatic carbocycles. The largest absolute Gasteiger partial charge is 0.0920 e. The predicted molar refractivity (Wildman–Crippen MR) is 212 cm³/mol. The molecule has 0 unspecified atom stereocenters. The van der Waals surface area contributed by atoms with E-state index in [0.29, 0.717) is 0 Å². The Hall–Kier alpha value is -0.696. The topological polar surface area (TPSA) is 0 Å². The predicted octanol–water partition coefficient (Wildman–Crippen LogP) is 12.9. The van der Waals surface area contributed by atoms with Gasteiger partial charge in [-0.1, -0.05) is 69.0 Å². The van der Waals surface area contributed by atoms with E-state index in [0.717, 1.165) is 22.6 Å². The summed E-state index contributed by atoms with van der Waals surface area (Å²) >= 11 is 3.35. The van der Waals surface area contributed by atoms with E-state index in [9.17, 15) is 0 Å². The van der Waals surface area contributed by atoms with Gasteiger partial charge in [-0.15, -0.1) is 0 Å². The van der Waals surface area contributed by atoms with Crippen LogP contribution in [0, 0.1) is 13.0 Å². The summed E-state index contributed by atoms with van der Waals surface area (Å²) in [7, 11) is 3.62. The molecule has 0 saturated heterocycles. The maximum Gasteiger partial charge on any atom is 0.0920 e. The number of halogens is 1. The van der Waals surface area contributed by atoms with Crippen LogP contribution in [0.15, 0.2) is 84.9 Å². The molecule has 0 amide bonds. The van der Waals surface area contributed by atoms with Crippen LogP contribution >= 0.6 is 26.0 Å². The first-order valence-corrected chi connectivity index (χ1v) is 23.9. The Morgan fingerprint density at radius 2 is 0.745 bits per heavy atom. The number of hydrogen-bond donors (Lipinski definition) is 0. The molecule has 4 saturated carbocycles. The Bertz CT molecular complexity index is 1040. The van der Waals surface area contributed by atoms with E-state index >= 15 is 0 Å². The molecule has 4 heteroatoms. The van der Waals surface area contributed by atoms with Crippen LogP contribution in [0.4, 0.5) is 0 Å². The Morgan fingerprint density at radius 1 is 0.447 bits per heavy atom. The third-order valence-corrected chi connectivity index (χ3v) is 19.1. The van der Waals surface area contributed by atoms with Gasteiger partial charge in [0.1, 0.15) is 0 Å². The van der Waals surface area contributed by atoms with Crippen molar-refractivity contribution in [1.29, 1.82) is 0 Å². The van der Waals surface area contributed by atoms with Crippen LogP contribution in [0.2, 0.25) is 0 Å². The summed E-state index contributed by atoms with van der Waals surface area (Å²) in [6.07, 6.45) is 30.2. The second-order valence-electron chi connectivity index (χ2n) is 14.5. The van der Waals surface area contributed by atoms with Gasteiger partial charge in [-0.05, 0) is 127 Å². The molecule has 0 heterocycles. The van der Waals surface area contributed by atoms with Crippen LogP contribution in [-0.2, 0) is 14.6 Å². The van der Waals surface area contributed by atoms with E-state index in [-0.39, 0.29) is 15.8 Å². The third-order valence-electron chi connectivity index (χ3n) is 11.3. The Morgan fingerprint density at radius 3 is 0.979 bits per heavy atom. The van der Waals surface area contributed by atoms with Gasteiger partial charge in [0.15, 0.2) is 0 Å². The molecule has 0 nitrogen and oxygen atoms in total. The summed E-state index contributed by atoms with van der Waals surface area (Å²) in [5, 5.41) is 3.48. The van der Waals surface area contributed by atoms with E-state index in [2.05, 4.69) is 91.5 Å². The van der Waals surface area contributed by atoms with Crippen molar-refractivity contribution >= 4 is 36.6 Å². The second-order valence-corrected chi connectivity index (χ2v) is 20.8. The molecule has 0 atom stereocenters. The van der Waals surface area contributed by atoms with E-state index in [1.807, 2.05) is 31.2 Å². The van der Waals surface area contributed by atoms with Crippen LogP contribution in [0.25, 0.3) is 0 Å². The van der Waals surface area contributed by atoms with Crippen molar-refractivity contribution in [2.45, 2.75) is 158 Å². The SMILES string of the molecule is Cc1[c-]cccc1.[Cl][Ni].c1ccc([PH+](C2CCCCC2)C2CCCCC2)cc1.c1ccc([PH+](C2CCCCC2)C2CCCCC2)cc1. The number of rotatable bonds is 6. The van der Waals surface area contributed by atoms with E-state index in [1.165, 1.54) is 134 Å². The van der Waals surface area contributed by atoms with E-state index < -0.39 is 0 Å². The monoisotopic (exact) mass is 734 g/mol. The Kier molecular flexibility index (Phi) is 19.7. The molecule has 0 bridgehead atoms. The standard InChI is InChI=1S/2C18H27P.C7H7.ClH.Ni/c2*1-4-10-16(11-5-1)19(17-12-6-2-7-13-17)18-14-8-3-9-15-18;1-7-5-3-2-4-6-7;;/h2*1,4-5,10-11,17-18H,2-3,6-9,12-15H2;2-5H,1H3;1H;/q;;-1;;+1/p+1. The molecular weight excluding hydrogens is 673 g/mol. The molecule has 261 valence electrons. The van der Waals surface area contributed by atoms with Crippen molar-refractivity contribution in [2.24, 2.45) is 0 Å². The van der Waals surface area contributed by atoms with Crippen LogP contribution in [-0.4, -0.2) is 22.6 Å². The Balaban J connectivity index is 0.000000170. The van der Waals surface area contributed by atoms with Gasteiger partial charge in [0.2, 0.25) is 0 Å². The van der Waals surface area contributed by atoms with Crippen molar-refractivity contribution in [3.8, 4) is 0 Å². The molecule has 0 aliphatic heterocycles. The van der Waals surface area contributed by atoms with Crippen molar-refractivity contribution in [1.82, 2.24) is 0 Å². The fourth-order valence-corrected chi connectivity index (χ4v) is 17.5. The third kappa shape index (κ3) is 13.5. The molecule has 3 aromatic rings. The van der Waals surface area contributed by atoms with Crippen molar-refractivity contribution in [2.75, 3.05) is 0 Å². The normalized spacial score (nSPS) is 19.9. The zero-order valence-corrected chi connectivity index (χ0v) is 33.0. The van der Waals surface area contributed by atoms with Gasteiger partial charge in [-0.2, -0.15) is 35.9 Å². The number of benzene rings is 3. The zero-order chi connectivity index (χ0) is 32.9. The van der Waals surface area contributed by atoms with E-state index in [4.69, 9.17) is 0 Å². The van der Waals surface area contributed by atoms with Gasteiger partial charge in [-0.25, -0.2) is 0 Å². The molecule has 4 fully saturated rings. The number of aryl methyl sites for hydroxylation is 1. The molecule has 0 radical (unpaired) electrons. The zero-order valence-electron chi connectivity index (χ0n) is 29.2. The van der Waals surface area contributed by atoms with Gasteiger partial charge in [0.05, 0.1) is 33.2 Å². The molecule has 47 heavy (non-hydrogen) atoms. The van der Waals surface area contributed by atoms with Crippen molar-refractivity contribution < 1.29 is 14.6 Å². The van der Waals surface area contributed by atoms with Crippen LogP contribution in [0.1, 0.15) is 134 Å². The van der Waals surface area contributed by atoms with Crippen LogP contribution < -0.4 is 10.6 Å². The second kappa shape index (κ2) is 23.7. The van der Waals surface area contributed by atoms with Crippen molar-refractivity contribution in [3.63, 3.8) is 0 Å². The summed E-state index contributed by atoms with van der Waals surface area (Å²) in [6, 6.07) is 34.2. The minimum absolute atomic E-state index is 0.323.